The maximum atomic E-state index is 11.7. The van der Waals surface area contributed by atoms with E-state index in [1.54, 1.807) is 4.90 Å². The molecule has 0 atom stereocenters. The second-order valence-electron chi connectivity index (χ2n) is 4.10. The summed E-state index contributed by atoms with van der Waals surface area (Å²) in [6.07, 6.45) is 3.12. The summed E-state index contributed by atoms with van der Waals surface area (Å²) in [7, 11) is -2.86. The lowest BCUT2D eigenvalue weighted by atomic mass is 9.84. The normalized spacial score (nSPS) is 27.0. The summed E-state index contributed by atoms with van der Waals surface area (Å²) >= 11 is 0. The maximum Gasteiger partial charge on any atom is 0.225 e. The SMILES string of the molecule is O=C(C1CCC1)N1CCS(=O)(=O)CC1. The van der Waals surface area contributed by atoms with Crippen molar-refractivity contribution < 1.29 is 13.2 Å². The fourth-order valence-electron chi connectivity index (χ4n) is 1.85. The van der Waals surface area contributed by atoms with E-state index in [2.05, 4.69) is 0 Å². The van der Waals surface area contributed by atoms with Gasteiger partial charge in [-0.2, -0.15) is 0 Å². The van der Waals surface area contributed by atoms with E-state index >= 15 is 0 Å². The number of nitrogens with zero attached hydrogens (tertiary/aromatic N) is 1. The Kier molecular flexibility index (Phi) is 2.51. The standard InChI is InChI=1S/C9H15NO3S/c11-9(8-2-1-3-8)10-4-6-14(12,13)7-5-10/h8H,1-7H2. The lowest BCUT2D eigenvalue weighted by Gasteiger charge is -2.33. The first kappa shape index (κ1) is 9.96. The van der Waals surface area contributed by atoms with Crippen LogP contribution in [0, 0.1) is 5.92 Å². The predicted molar refractivity (Wildman–Crippen MR) is 52.6 cm³/mol. The molecule has 0 N–H and O–H groups in total. The van der Waals surface area contributed by atoms with Crippen LogP contribution in [0.4, 0.5) is 0 Å². The minimum absolute atomic E-state index is 0.144. The van der Waals surface area contributed by atoms with Gasteiger partial charge in [0, 0.05) is 19.0 Å². The lowest BCUT2D eigenvalue weighted by molar-refractivity contribution is -0.137. The van der Waals surface area contributed by atoms with Gasteiger partial charge >= 0.3 is 0 Å². The molecular formula is C9H15NO3S. The first-order valence-corrected chi connectivity index (χ1v) is 6.90. The minimum Gasteiger partial charge on any atom is -0.340 e. The van der Waals surface area contributed by atoms with E-state index in [1.165, 1.54) is 0 Å². The number of sulfone groups is 1. The lowest BCUT2D eigenvalue weighted by Crippen LogP contribution is -2.47. The van der Waals surface area contributed by atoms with Crippen LogP contribution in [-0.4, -0.2) is 43.8 Å². The van der Waals surface area contributed by atoms with Gasteiger partial charge in [-0.05, 0) is 12.8 Å². The zero-order valence-electron chi connectivity index (χ0n) is 8.11. The summed E-state index contributed by atoms with van der Waals surface area (Å²) in [5.41, 5.74) is 0. The third-order valence-corrected chi connectivity index (χ3v) is 4.72. The summed E-state index contributed by atoms with van der Waals surface area (Å²) in [6, 6.07) is 0. The number of carbonyl (C=O) groups excluding carboxylic acids is 1. The first-order chi connectivity index (χ1) is 6.58. The van der Waals surface area contributed by atoms with E-state index in [1.807, 2.05) is 0 Å². The van der Waals surface area contributed by atoms with Gasteiger partial charge in [0.05, 0.1) is 11.5 Å². The molecule has 0 bridgehead atoms. The molecule has 1 heterocycles. The molecule has 1 saturated carbocycles. The third kappa shape index (κ3) is 1.92. The molecule has 1 saturated heterocycles. The van der Waals surface area contributed by atoms with Gasteiger partial charge in [-0.15, -0.1) is 0 Å². The second kappa shape index (κ2) is 3.53. The first-order valence-electron chi connectivity index (χ1n) is 5.08. The summed E-state index contributed by atoms with van der Waals surface area (Å²) in [6.45, 7) is 0.801. The van der Waals surface area contributed by atoms with Crippen LogP contribution >= 0.6 is 0 Å². The Morgan fingerprint density at radius 2 is 1.71 bits per heavy atom. The smallest absolute Gasteiger partial charge is 0.225 e. The van der Waals surface area contributed by atoms with Crippen LogP contribution in [0.25, 0.3) is 0 Å². The minimum atomic E-state index is -2.86. The Hall–Kier alpha value is -0.580. The molecular weight excluding hydrogens is 202 g/mol. The summed E-state index contributed by atoms with van der Waals surface area (Å²) in [4.78, 5) is 13.4. The molecule has 0 aromatic heterocycles. The molecule has 4 nitrogen and oxygen atoms in total. The van der Waals surface area contributed by atoms with Crippen molar-refractivity contribution in [1.82, 2.24) is 4.90 Å². The van der Waals surface area contributed by atoms with Gasteiger partial charge in [0.15, 0.2) is 9.84 Å². The Labute approximate surface area is 84.2 Å². The molecule has 2 fully saturated rings. The maximum absolute atomic E-state index is 11.7. The molecule has 0 aromatic rings. The van der Waals surface area contributed by atoms with Crippen molar-refractivity contribution in [2.24, 2.45) is 5.92 Å². The van der Waals surface area contributed by atoms with Gasteiger partial charge in [-0.1, -0.05) is 6.42 Å². The Morgan fingerprint density at radius 1 is 1.14 bits per heavy atom. The van der Waals surface area contributed by atoms with Crippen molar-refractivity contribution in [3.8, 4) is 0 Å². The molecule has 0 aromatic carbocycles. The Bertz CT molecular complexity index is 318. The van der Waals surface area contributed by atoms with E-state index in [4.69, 9.17) is 0 Å². The number of rotatable bonds is 1. The van der Waals surface area contributed by atoms with Crippen LogP contribution in [0.3, 0.4) is 0 Å². The van der Waals surface area contributed by atoms with Gasteiger partial charge in [0.1, 0.15) is 0 Å². The van der Waals surface area contributed by atoms with E-state index in [0.29, 0.717) is 13.1 Å². The molecule has 0 unspecified atom stereocenters. The van der Waals surface area contributed by atoms with Crippen molar-refractivity contribution >= 4 is 15.7 Å². The van der Waals surface area contributed by atoms with Crippen LogP contribution < -0.4 is 0 Å². The Balaban J connectivity index is 1.91. The quantitative estimate of drug-likeness (QED) is 0.623. The Morgan fingerprint density at radius 3 is 2.14 bits per heavy atom. The van der Waals surface area contributed by atoms with E-state index in [0.717, 1.165) is 19.3 Å². The van der Waals surface area contributed by atoms with Gasteiger partial charge < -0.3 is 4.90 Å². The molecule has 2 rings (SSSR count). The van der Waals surface area contributed by atoms with E-state index in [9.17, 15) is 13.2 Å². The van der Waals surface area contributed by atoms with Crippen LogP contribution in [0.1, 0.15) is 19.3 Å². The van der Waals surface area contributed by atoms with E-state index < -0.39 is 9.84 Å². The number of carbonyl (C=O) groups is 1. The van der Waals surface area contributed by atoms with Crippen LogP contribution in [0.5, 0.6) is 0 Å². The highest BCUT2D eigenvalue weighted by Crippen LogP contribution is 2.28. The number of hydrogen-bond donors (Lipinski definition) is 0. The van der Waals surface area contributed by atoms with Crippen LogP contribution in [0.15, 0.2) is 0 Å². The molecule has 1 amide bonds. The molecule has 2 aliphatic rings. The van der Waals surface area contributed by atoms with Crippen LogP contribution in [0.2, 0.25) is 0 Å². The molecule has 1 aliphatic heterocycles. The van der Waals surface area contributed by atoms with Crippen molar-refractivity contribution in [2.45, 2.75) is 19.3 Å². The van der Waals surface area contributed by atoms with E-state index in [-0.39, 0.29) is 23.3 Å². The zero-order chi connectivity index (χ0) is 10.2. The third-order valence-electron chi connectivity index (χ3n) is 3.11. The highest BCUT2D eigenvalue weighted by atomic mass is 32.2. The summed E-state index contributed by atoms with van der Waals surface area (Å²) in [5.74, 6) is 0.652. The molecule has 1 aliphatic carbocycles. The summed E-state index contributed by atoms with van der Waals surface area (Å²) < 4.78 is 22.3. The van der Waals surface area contributed by atoms with Gasteiger partial charge in [-0.3, -0.25) is 4.79 Å². The second-order valence-corrected chi connectivity index (χ2v) is 6.41. The monoisotopic (exact) mass is 217 g/mol. The zero-order valence-corrected chi connectivity index (χ0v) is 8.92. The highest BCUT2D eigenvalue weighted by molar-refractivity contribution is 7.91. The average molecular weight is 217 g/mol. The fraction of sp³-hybridized carbons (Fsp3) is 0.889. The number of amides is 1. The molecule has 5 heteroatoms. The average Bonchev–Trinajstić information content (AvgIpc) is 2.00. The van der Waals surface area contributed by atoms with Gasteiger partial charge in [-0.25, -0.2) is 8.42 Å². The van der Waals surface area contributed by atoms with Crippen molar-refractivity contribution in [3.05, 3.63) is 0 Å². The largest absolute Gasteiger partial charge is 0.340 e. The predicted octanol–water partition coefficient (Wildman–Crippen LogP) is 0.0435. The molecule has 80 valence electrons. The van der Waals surface area contributed by atoms with Crippen molar-refractivity contribution in [1.29, 1.82) is 0 Å². The number of hydrogen-bond acceptors (Lipinski definition) is 3. The van der Waals surface area contributed by atoms with Crippen LogP contribution in [-0.2, 0) is 14.6 Å². The highest BCUT2D eigenvalue weighted by Gasteiger charge is 2.32. The van der Waals surface area contributed by atoms with Gasteiger partial charge in [0.2, 0.25) is 5.91 Å². The summed E-state index contributed by atoms with van der Waals surface area (Å²) in [5, 5.41) is 0. The molecule has 14 heavy (non-hydrogen) atoms. The topological polar surface area (TPSA) is 54.5 Å². The molecule has 0 radical (unpaired) electrons. The fourth-order valence-corrected chi connectivity index (χ4v) is 3.05. The van der Waals surface area contributed by atoms with Crippen molar-refractivity contribution in [3.63, 3.8) is 0 Å². The van der Waals surface area contributed by atoms with Gasteiger partial charge in [0.25, 0.3) is 0 Å². The van der Waals surface area contributed by atoms with Crippen molar-refractivity contribution in [2.75, 3.05) is 24.6 Å². The molecule has 0 spiro atoms.